The lowest BCUT2D eigenvalue weighted by Crippen LogP contribution is -2.31. The second-order valence-corrected chi connectivity index (χ2v) is 8.83. The highest BCUT2D eigenvalue weighted by atomic mass is 32.2. The standard InChI is InChI=1S/C20H23FN2O3S/c1-14-3-8-19(15(2)9-14)27(25,26)22-11-17-10-20(24)23(13-17)12-16-4-6-18(21)7-5-16/h3-9,17,22H,10-13H2,1-2H3/t17-/m0/s1. The summed E-state index contributed by atoms with van der Waals surface area (Å²) in [6, 6.07) is 11.2. The third-order valence-corrected chi connectivity index (χ3v) is 6.35. The first-order valence-electron chi connectivity index (χ1n) is 8.84. The number of sulfonamides is 1. The zero-order chi connectivity index (χ0) is 19.6. The van der Waals surface area contributed by atoms with Gasteiger partial charge in [0.15, 0.2) is 0 Å². The topological polar surface area (TPSA) is 66.5 Å². The molecule has 1 fully saturated rings. The first-order valence-corrected chi connectivity index (χ1v) is 10.3. The van der Waals surface area contributed by atoms with E-state index in [9.17, 15) is 17.6 Å². The first kappa shape index (κ1) is 19.5. The van der Waals surface area contributed by atoms with Gasteiger partial charge in [0.25, 0.3) is 0 Å². The fourth-order valence-electron chi connectivity index (χ4n) is 3.36. The van der Waals surface area contributed by atoms with Crippen molar-refractivity contribution in [2.24, 2.45) is 5.92 Å². The van der Waals surface area contributed by atoms with Crippen LogP contribution in [-0.2, 0) is 21.4 Å². The number of carbonyl (C=O) groups excluding carboxylic acids is 1. The summed E-state index contributed by atoms with van der Waals surface area (Å²) in [5.74, 6) is -0.418. The van der Waals surface area contributed by atoms with Crippen molar-refractivity contribution in [2.45, 2.75) is 31.7 Å². The second kappa shape index (κ2) is 7.78. The highest BCUT2D eigenvalue weighted by Gasteiger charge is 2.30. The summed E-state index contributed by atoms with van der Waals surface area (Å²) < 4.78 is 40.8. The minimum atomic E-state index is -3.62. The molecule has 0 radical (unpaired) electrons. The van der Waals surface area contributed by atoms with Gasteiger partial charge in [0, 0.05) is 26.1 Å². The molecule has 1 aliphatic rings. The molecule has 0 aliphatic carbocycles. The Labute approximate surface area is 159 Å². The molecular weight excluding hydrogens is 367 g/mol. The van der Waals surface area contributed by atoms with E-state index in [0.29, 0.717) is 25.1 Å². The van der Waals surface area contributed by atoms with Crippen LogP contribution in [0.3, 0.4) is 0 Å². The van der Waals surface area contributed by atoms with Crippen LogP contribution in [0.25, 0.3) is 0 Å². The Morgan fingerprint density at radius 1 is 1.15 bits per heavy atom. The van der Waals surface area contributed by atoms with Crippen molar-refractivity contribution in [2.75, 3.05) is 13.1 Å². The Morgan fingerprint density at radius 3 is 2.52 bits per heavy atom. The van der Waals surface area contributed by atoms with Crippen LogP contribution in [0.5, 0.6) is 0 Å². The molecule has 2 aromatic rings. The second-order valence-electron chi connectivity index (χ2n) is 7.09. The van der Waals surface area contributed by atoms with E-state index >= 15 is 0 Å². The summed E-state index contributed by atoms with van der Waals surface area (Å²) in [6.45, 7) is 4.77. The molecular formula is C20H23FN2O3S. The van der Waals surface area contributed by atoms with E-state index in [1.807, 2.05) is 13.0 Å². The molecule has 7 heteroatoms. The largest absolute Gasteiger partial charge is 0.338 e. The van der Waals surface area contributed by atoms with Gasteiger partial charge in [0.1, 0.15) is 5.82 Å². The minimum Gasteiger partial charge on any atom is -0.338 e. The van der Waals surface area contributed by atoms with Gasteiger partial charge in [-0.25, -0.2) is 17.5 Å². The van der Waals surface area contributed by atoms with E-state index < -0.39 is 10.0 Å². The fourth-order valence-corrected chi connectivity index (χ4v) is 4.70. The van der Waals surface area contributed by atoms with Crippen molar-refractivity contribution < 1.29 is 17.6 Å². The van der Waals surface area contributed by atoms with Crippen molar-refractivity contribution in [3.63, 3.8) is 0 Å². The molecule has 1 amide bonds. The number of carbonyl (C=O) groups is 1. The molecule has 1 N–H and O–H groups in total. The maximum absolute atomic E-state index is 13.0. The lowest BCUT2D eigenvalue weighted by Gasteiger charge is -2.17. The van der Waals surface area contributed by atoms with Gasteiger partial charge in [0.05, 0.1) is 4.90 Å². The van der Waals surface area contributed by atoms with E-state index in [0.717, 1.165) is 11.1 Å². The third-order valence-electron chi connectivity index (χ3n) is 4.76. The number of likely N-dealkylation sites (tertiary alicyclic amines) is 1. The number of hydrogen-bond acceptors (Lipinski definition) is 3. The predicted octanol–water partition coefficient (Wildman–Crippen LogP) is 2.77. The van der Waals surface area contributed by atoms with E-state index in [2.05, 4.69) is 4.72 Å². The molecule has 3 rings (SSSR count). The van der Waals surface area contributed by atoms with Gasteiger partial charge in [-0.3, -0.25) is 4.79 Å². The number of hydrogen-bond donors (Lipinski definition) is 1. The van der Waals surface area contributed by atoms with Gasteiger partial charge in [0.2, 0.25) is 15.9 Å². The van der Waals surface area contributed by atoms with E-state index in [1.54, 1.807) is 36.1 Å². The quantitative estimate of drug-likeness (QED) is 0.825. The van der Waals surface area contributed by atoms with Gasteiger partial charge in [-0.15, -0.1) is 0 Å². The molecule has 0 aromatic heterocycles. The van der Waals surface area contributed by atoms with Crippen LogP contribution < -0.4 is 4.72 Å². The van der Waals surface area contributed by atoms with E-state index in [4.69, 9.17) is 0 Å². The summed E-state index contributed by atoms with van der Waals surface area (Å²) in [5.41, 5.74) is 2.55. The number of nitrogens with zero attached hydrogens (tertiary/aromatic N) is 1. The highest BCUT2D eigenvalue weighted by Crippen LogP contribution is 2.21. The van der Waals surface area contributed by atoms with Gasteiger partial charge in [-0.2, -0.15) is 0 Å². The average Bonchev–Trinajstić information content (AvgIpc) is 2.95. The van der Waals surface area contributed by atoms with Crippen molar-refractivity contribution in [3.8, 4) is 0 Å². The zero-order valence-corrected chi connectivity index (χ0v) is 16.2. The summed E-state index contributed by atoms with van der Waals surface area (Å²) in [4.78, 5) is 14.2. The molecule has 144 valence electrons. The van der Waals surface area contributed by atoms with Crippen molar-refractivity contribution in [3.05, 3.63) is 65.0 Å². The molecule has 1 heterocycles. The Morgan fingerprint density at radius 2 is 1.85 bits per heavy atom. The van der Waals surface area contributed by atoms with Gasteiger partial charge < -0.3 is 4.90 Å². The molecule has 1 saturated heterocycles. The van der Waals surface area contributed by atoms with Crippen LogP contribution in [0.2, 0.25) is 0 Å². The molecule has 0 bridgehead atoms. The third kappa shape index (κ3) is 4.73. The summed E-state index contributed by atoms with van der Waals surface area (Å²) in [5, 5.41) is 0. The Balaban J connectivity index is 1.60. The SMILES string of the molecule is Cc1ccc(S(=O)(=O)NC[C@@H]2CC(=O)N(Cc3ccc(F)cc3)C2)c(C)c1. The van der Waals surface area contributed by atoms with Crippen molar-refractivity contribution in [1.29, 1.82) is 0 Å². The zero-order valence-electron chi connectivity index (χ0n) is 15.4. The maximum atomic E-state index is 13.0. The van der Waals surface area contributed by atoms with Crippen LogP contribution in [0.1, 0.15) is 23.1 Å². The van der Waals surface area contributed by atoms with Crippen LogP contribution in [0.4, 0.5) is 4.39 Å². The smallest absolute Gasteiger partial charge is 0.240 e. The van der Waals surface area contributed by atoms with Crippen LogP contribution in [-0.4, -0.2) is 32.3 Å². The lowest BCUT2D eigenvalue weighted by atomic mass is 10.1. The minimum absolute atomic E-state index is 0.0185. The van der Waals surface area contributed by atoms with Crippen molar-refractivity contribution in [1.82, 2.24) is 9.62 Å². The Bertz CT molecular complexity index is 942. The molecule has 0 spiro atoms. The fraction of sp³-hybridized carbons (Fsp3) is 0.350. The van der Waals surface area contributed by atoms with Crippen LogP contribution in [0, 0.1) is 25.6 Å². The van der Waals surface area contributed by atoms with E-state index in [1.165, 1.54) is 12.1 Å². The monoisotopic (exact) mass is 390 g/mol. The number of rotatable bonds is 6. The number of halogens is 1. The van der Waals surface area contributed by atoms with E-state index in [-0.39, 0.29) is 29.1 Å². The predicted molar refractivity (Wildman–Crippen MR) is 101 cm³/mol. The molecule has 1 aliphatic heterocycles. The number of benzene rings is 2. The molecule has 27 heavy (non-hydrogen) atoms. The van der Waals surface area contributed by atoms with Gasteiger partial charge in [-0.05, 0) is 49.1 Å². The molecule has 1 atom stereocenters. The number of nitrogens with one attached hydrogen (secondary N) is 1. The average molecular weight is 390 g/mol. The summed E-state index contributed by atoms with van der Waals surface area (Å²) in [6.07, 6.45) is 0.302. The van der Waals surface area contributed by atoms with Crippen LogP contribution >= 0.6 is 0 Å². The number of amides is 1. The van der Waals surface area contributed by atoms with Gasteiger partial charge in [-0.1, -0.05) is 29.8 Å². The molecule has 2 aromatic carbocycles. The van der Waals surface area contributed by atoms with Crippen molar-refractivity contribution >= 4 is 15.9 Å². The van der Waals surface area contributed by atoms with Crippen LogP contribution in [0.15, 0.2) is 47.4 Å². The van der Waals surface area contributed by atoms with Gasteiger partial charge >= 0.3 is 0 Å². The summed E-state index contributed by atoms with van der Waals surface area (Å²) in [7, 11) is -3.62. The lowest BCUT2D eigenvalue weighted by molar-refractivity contribution is -0.128. The molecule has 0 unspecified atom stereocenters. The molecule has 0 saturated carbocycles. The normalized spacial score (nSPS) is 17.5. The Hall–Kier alpha value is -2.25. The maximum Gasteiger partial charge on any atom is 0.240 e. The number of aryl methyl sites for hydroxylation is 2. The summed E-state index contributed by atoms with van der Waals surface area (Å²) >= 11 is 0. The highest BCUT2D eigenvalue weighted by molar-refractivity contribution is 7.89. The first-order chi connectivity index (χ1) is 12.7. The Kier molecular flexibility index (Phi) is 5.62. The molecule has 5 nitrogen and oxygen atoms in total.